The Morgan fingerprint density at radius 2 is 1.85 bits per heavy atom. The number of carbonyl (C=O) groups is 2. The number of nitrogens with zero attached hydrogens (tertiary/aromatic N) is 2. The van der Waals surface area contributed by atoms with Crippen LogP contribution in [0.15, 0.2) is 18.2 Å². The molecule has 0 heterocycles. The number of rotatable bonds is 9. The first kappa shape index (κ1) is 22.8. The van der Waals surface area contributed by atoms with Gasteiger partial charge in [0, 0.05) is 51.2 Å². The van der Waals surface area contributed by atoms with Gasteiger partial charge in [-0.15, -0.1) is 0 Å². The molecule has 0 radical (unpaired) electrons. The van der Waals surface area contributed by atoms with Crippen LogP contribution in [-0.2, 0) is 16.1 Å². The molecule has 1 aromatic rings. The van der Waals surface area contributed by atoms with Crippen LogP contribution in [0.5, 0.6) is 0 Å². The predicted molar refractivity (Wildman–Crippen MR) is 110 cm³/mol. The van der Waals surface area contributed by atoms with E-state index in [9.17, 15) is 9.59 Å². The number of hydrogen-bond acceptors (Lipinski definition) is 4. The first-order valence-electron chi connectivity index (χ1n) is 9.35. The maximum Gasteiger partial charge on any atom is 0.319 e. The number of methoxy groups -OCH3 is 1. The highest BCUT2D eigenvalue weighted by Crippen LogP contribution is 2.25. The zero-order valence-corrected chi connectivity index (χ0v) is 17.6. The molecule has 7 heteroatoms. The lowest BCUT2D eigenvalue weighted by Gasteiger charge is -2.30. The summed E-state index contributed by atoms with van der Waals surface area (Å²) in [5.74, 6) is -0.0486. The number of anilines is 2. The average Bonchev–Trinajstić information content (AvgIpc) is 2.58. The zero-order valence-electron chi connectivity index (χ0n) is 17.6. The molecule has 1 rings (SSSR count). The molecule has 0 spiro atoms. The molecule has 0 bridgehead atoms. The fourth-order valence-electron chi connectivity index (χ4n) is 2.76. The Morgan fingerprint density at radius 3 is 2.37 bits per heavy atom. The van der Waals surface area contributed by atoms with Crippen LogP contribution in [0.25, 0.3) is 0 Å². The molecule has 0 aliphatic heterocycles. The number of carbonyl (C=O) groups excluding carboxylic acids is 2. The molecule has 0 aliphatic rings. The minimum Gasteiger partial charge on any atom is -0.377 e. The molecule has 0 fully saturated rings. The lowest BCUT2D eigenvalue weighted by molar-refractivity contribution is -0.138. The Bertz CT molecular complexity index is 632. The van der Waals surface area contributed by atoms with Gasteiger partial charge in [-0.2, -0.15) is 0 Å². The van der Waals surface area contributed by atoms with Crippen molar-refractivity contribution in [3.63, 3.8) is 0 Å². The van der Waals surface area contributed by atoms with E-state index < -0.39 is 0 Å². The minimum atomic E-state index is -0.247. The van der Waals surface area contributed by atoms with E-state index >= 15 is 0 Å². The van der Waals surface area contributed by atoms with Crippen molar-refractivity contribution in [2.45, 2.75) is 52.7 Å². The molecule has 2 N–H and O–H groups in total. The van der Waals surface area contributed by atoms with Crippen LogP contribution >= 0.6 is 0 Å². The molecule has 1 unspecified atom stereocenters. The van der Waals surface area contributed by atoms with Crippen molar-refractivity contribution in [2.24, 2.45) is 0 Å². The van der Waals surface area contributed by atoms with Crippen LogP contribution in [0.3, 0.4) is 0 Å². The Kier molecular flexibility index (Phi) is 9.08. The van der Waals surface area contributed by atoms with Crippen molar-refractivity contribution in [3.05, 3.63) is 23.8 Å². The van der Waals surface area contributed by atoms with Gasteiger partial charge in [0.05, 0.1) is 0 Å². The molecule has 7 nitrogen and oxygen atoms in total. The molecule has 0 aliphatic carbocycles. The molecule has 152 valence electrons. The van der Waals surface area contributed by atoms with Gasteiger partial charge < -0.3 is 25.2 Å². The summed E-state index contributed by atoms with van der Waals surface area (Å²) in [7, 11) is 5.44. The van der Waals surface area contributed by atoms with Crippen molar-refractivity contribution in [3.8, 4) is 0 Å². The second-order valence-electron chi connectivity index (χ2n) is 7.20. The first-order valence-corrected chi connectivity index (χ1v) is 9.35. The van der Waals surface area contributed by atoms with Crippen LogP contribution in [0.1, 0.15) is 39.7 Å². The van der Waals surface area contributed by atoms with Crippen molar-refractivity contribution < 1.29 is 14.3 Å². The van der Waals surface area contributed by atoms with Crippen molar-refractivity contribution in [2.75, 3.05) is 38.0 Å². The van der Waals surface area contributed by atoms with Gasteiger partial charge in [0.25, 0.3) is 0 Å². The summed E-state index contributed by atoms with van der Waals surface area (Å²) in [6.45, 7) is 8.40. The second-order valence-corrected chi connectivity index (χ2v) is 7.20. The van der Waals surface area contributed by atoms with Gasteiger partial charge in [-0.3, -0.25) is 4.79 Å². The third kappa shape index (κ3) is 7.09. The highest BCUT2D eigenvalue weighted by molar-refractivity contribution is 5.90. The van der Waals surface area contributed by atoms with Crippen LogP contribution in [0, 0.1) is 0 Å². The highest BCUT2D eigenvalue weighted by atomic mass is 16.5. The van der Waals surface area contributed by atoms with E-state index in [1.807, 2.05) is 62.9 Å². The fraction of sp³-hybridized carbons (Fsp3) is 0.600. The number of benzene rings is 1. The summed E-state index contributed by atoms with van der Waals surface area (Å²) in [5.41, 5.74) is 2.66. The summed E-state index contributed by atoms with van der Waals surface area (Å²) in [6.07, 6.45) is 0.849. The summed E-state index contributed by atoms with van der Waals surface area (Å²) in [5, 5.41) is 5.66. The number of amides is 3. The predicted octanol–water partition coefficient (Wildman–Crippen LogP) is 3.06. The minimum absolute atomic E-state index is 0.0486. The largest absolute Gasteiger partial charge is 0.377 e. The molecule has 1 aromatic carbocycles. The quantitative estimate of drug-likeness (QED) is 0.693. The third-order valence-electron chi connectivity index (χ3n) is 4.29. The number of hydrogen-bond donors (Lipinski definition) is 2. The van der Waals surface area contributed by atoms with E-state index in [0.717, 1.165) is 17.7 Å². The Balaban J connectivity index is 3.14. The van der Waals surface area contributed by atoms with Crippen molar-refractivity contribution >= 4 is 23.3 Å². The van der Waals surface area contributed by atoms with E-state index in [0.29, 0.717) is 12.2 Å². The van der Waals surface area contributed by atoms with Crippen molar-refractivity contribution in [1.82, 2.24) is 10.2 Å². The molecule has 0 saturated heterocycles. The smallest absolute Gasteiger partial charge is 0.319 e. The maximum absolute atomic E-state index is 12.5. The van der Waals surface area contributed by atoms with Gasteiger partial charge in [0.15, 0.2) is 0 Å². The Morgan fingerprint density at radius 1 is 1.19 bits per heavy atom. The molecule has 0 aromatic heterocycles. The molecule has 3 amide bonds. The Labute approximate surface area is 163 Å². The molecular formula is C20H34N4O3. The van der Waals surface area contributed by atoms with Crippen molar-refractivity contribution in [1.29, 1.82) is 0 Å². The Hall–Kier alpha value is -2.28. The second kappa shape index (κ2) is 10.8. The lowest BCUT2D eigenvalue weighted by atomic mass is 10.1. The highest BCUT2D eigenvalue weighted by Gasteiger charge is 2.21. The first-order chi connectivity index (χ1) is 12.7. The third-order valence-corrected chi connectivity index (χ3v) is 4.29. The monoisotopic (exact) mass is 378 g/mol. The van der Waals surface area contributed by atoms with Crippen LogP contribution in [0.4, 0.5) is 16.2 Å². The number of ether oxygens (including phenoxy) is 1. The van der Waals surface area contributed by atoms with E-state index in [4.69, 9.17) is 4.74 Å². The number of urea groups is 1. The van der Waals surface area contributed by atoms with E-state index in [-0.39, 0.29) is 30.6 Å². The van der Waals surface area contributed by atoms with Crippen LogP contribution in [0.2, 0.25) is 0 Å². The number of nitrogens with one attached hydrogen (secondary N) is 2. The molecule has 27 heavy (non-hydrogen) atoms. The maximum atomic E-state index is 12.5. The molecular weight excluding hydrogens is 344 g/mol. The van der Waals surface area contributed by atoms with Gasteiger partial charge in [-0.05, 0) is 51.0 Å². The summed E-state index contributed by atoms with van der Waals surface area (Å²) >= 11 is 0. The van der Waals surface area contributed by atoms with Gasteiger partial charge in [-0.1, -0.05) is 6.92 Å². The van der Waals surface area contributed by atoms with Crippen LogP contribution in [-0.4, -0.2) is 56.7 Å². The van der Waals surface area contributed by atoms with E-state index in [1.54, 1.807) is 0 Å². The van der Waals surface area contributed by atoms with Gasteiger partial charge in [0.2, 0.25) is 5.91 Å². The summed E-state index contributed by atoms with van der Waals surface area (Å²) in [4.78, 5) is 28.4. The van der Waals surface area contributed by atoms with E-state index in [2.05, 4.69) is 17.6 Å². The molecule has 1 atom stereocenters. The fourth-order valence-corrected chi connectivity index (χ4v) is 2.76. The van der Waals surface area contributed by atoms with Gasteiger partial charge >= 0.3 is 6.03 Å². The summed E-state index contributed by atoms with van der Waals surface area (Å²) < 4.78 is 5.04. The average molecular weight is 379 g/mol. The van der Waals surface area contributed by atoms with Gasteiger partial charge in [-0.25, -0.2) is 4.79 Å². The van der Waals surface area contributed by atoms with Gasteiger partial charge in [0.1, 0.15) is 6.61 Å². The topological polar surface area (TPSA) is 73.9 Å². The normalized spacial score (nSPS) is 11.9. The summed E-state index contributed by atoms with van der Waals surface area (Å²) in [6, 6.07) is 5.63. The zero-order chi connectivity index (χ0) is 20.6. The van der Waals surface area contributed by atoms with E-state index in [1.165, 1.54) is 7.11 Å². The standard InChI is InChI=1S/C20H34N4O3/c1-8-15(4)24(19(25)13-27-7)12-16-11-17(9-10-18(16)23(5)6)22-20(26)21-14(2)3/h9-11,14-15H,8,12-13H2,1-7H3,(H2,21,22,26). The SMILES string of the molecule is CCC(C)N(Cc1cc(NC(=O)NC(C)C)ccc1N(C)C)C(=O)COC. The molecule has 0 saturated carbocycles. The van der Waals surface area contributed by atoms with Crippen LogP contribution < -0.4 is 15.5 Å². The lowest BCUT2D eigenvalue weighted by Crippen LogP contribution is -2.40.